The summed E-state index contributed by atoms with van der Waals surface area (Å²) in [6.07, 6.45) is 8.18. The maximum atomic E-state index is 12.4. The molecule has 2 N–H and O–H groups in total. The summed E-state index contributed by atoms with van der Waals surface area (Å²) in [4.78, 5) is 13.0. The Morgan fingerprint density at radius 3 is 2.57 bits per heavy atom. The molecule has 1 amide bonds. The molecule has 0 unspecified atom stereocenters. The molecule has 0 aromatic heterocycles. The molecule has 0 aliphatic carbocycles. The number of benzene rings is 2. The third kappa shape index (κ3) is 5.36. The fraction of sp³-hybridized carbons (Fsp3) is 0.190. The Balaban J connectivity index is 1.72. The Morgan fingerprint density at radius 1 is 1.29 bits per heavy atom. The molecule has 7 heteroatoms. The van der Waals surface area contributed by atoms with Crippen LogP contribution in [0.15, 0.2) is 41.3 Å². The number of hydrogen-bond acceptors (Lipinski definition) is 4. The molecular weight excluding hydrogens is 598 g/mol. The maximum absolute atomic E-state index is 12.4. The van der Waals surface area contributed by atoms with Crippen molar-refractivity contribution in [2.75, 3.05) is 11.9 Å². The zero-order chi connectivity index (χ0) is 20.1. The van der Waals surface area contributed by atoms with Gasteiger partial charge in [-0.05, 0) is 93.1 Å². The number of anilines is 1. The summed E-state index contributed by atoms with van der Waals surface area (Å²) in [6.45, 7) is 2.36. The van der Waals surface area contributed by atoms with Crippen LogP contribution in [0.4, 0.5) is 5.69 Å². The van der Waals surface area contributed by atoms with Gasteiger partial charge in [0, 0.05) is 5.69 Å². The lowest BCUT2D eigenvalue weighted by molar-refractivity contribution is -0.116. The summed E-state index contributed by atoms with van der Waals surface area (Å²) < 4.78 is 7.51. The van der Waals surface area contributed by atoms with Crippen molar-refractivity contribution >= 4 is 74.6 Å². The zero-order valence-corrected chi connectivity index (χ0v) is 20.2. The topological polar surface area (TPSA) is 50.4 Å². The molecule has 1 fully saturated rings. The zero-order valence-electron chi connectivity index (χ0n) is 15.1. The molecule has 3 rings (SSSR count). The van der Waals surface area contributed by atoms with Gasteiger partial charge >= 0.3 is 0 Å². The molecule has 2 aromatic carbocycles. The van der Waals surface area contributed by atoms with Gasteiger partial charge in [0.15, 0.2) is 5.50 Å². The fourth-order valence-electron chi connectivity index (χ4n) is 2.62. The van der Waals surface area contributed by atoms with E-state index in [-0.39, 0.29) is 18.0 Å². The Hall–Kier alpha value is -1.38. The number of rotatable bonds is 6. The van der Waals surface area contributed by atoms with E-state index in [4.69, 9.17) is 11.2 Å². The third-order valence-electron chi connectivity index (χ3n) is 4.01. The highest BCUT2D eigenvalue weighted by molar-refractivity contribution is 14.1. The summed E-state index contributed by atoms with van der Waals surface area (Å²) in [7, 11) is 0. The third-order valence-corrected chi connectivity index (χ3v) is 6.64. The number of hydrogen-bond donors (Lipinski definition) is 2. The summed E-state index contributed by atoms with van der Waals surface area (Å²) in [5.74, 6) is 3.18. The molecule has 0 radical (unpaired) electrons. The van der Waals surface area contributed by atoms with Crippen molar-refractivity contribution in [3.8, 4) is 18.1 Å². The van der Waals surface area contributed by atoms with Crippen LogP contribution < -0.4 is 15.4 Å². The number of terminal acetylenes is 1. The monoisotopic (exact) mass is 616 g/mol. The first-order chi connectivity index (χ1) is 13.5. The van der Waals surface area contributed by atoms with Crippen molar-refractivity contribution in [2.45, 2.75) is 18.8 Å². The number of thioether (sulfide) groups is 1. The normalized spacial score (nSPS) is 17.3. The minimum absolute atomic E-state index is 0.0784. The standard InChI is InChI=1S/C21H18I2N2O2S/c1-3-9-27-19-16(22)10-14(11-17(19)23)12-18-20(26)25-21(28-18)24-15-7-5-13(4-2)6-8-15/h1,5-8,10-12,21,24H,4,9H2,2H3,(H,25,26)/b18-12-/t21-/m0/s1. The number of nitrogens with one attached hydrogen (secondary N) is 2. The highest BCUT2D eigenvalue weighted by atomic mass is 127. The van der Waals surface area contributed by atoms with E-state index in [1.807, 2.05) is 30.3 Å². The van der Waals surface area contributed by atoms with Crippen molar-refractivity contribution in [1.82, 2.24) is 5.32 Å². The number of carbonyl (C=O) groups excluding carboxylic acids is 1. The SMILES string of the molecule is C#CCOc1c(I)cc(/C=C2\S[C@@H](Nc3ccc(CC)cc3)NC2=O)cc1I. The quantitative estimate of drug-likeness (QED) is 0.271. The molecule has 0 bridgehead atoms. The predicted octanol–water partition coefficient (Wildman–Crippen LogP) is 5.07. The van der Waals surface area contributed by atoms with E-state index in [0.29, 0.717) is 4.91 Å². The number of ether oxygens (including phenoxy) is 1. The first kappa shape index (κ1) is 21.3. The van der Waals surface area contributed by atoms with Gasteiger partial charge in [-0.3, -0.25) is 4.79 Å². The fourth-order valence-corrected chi connectivity index (χ4v) is 5.73. The van der Waals surface area contributed by atoms with Crippen molar-refractivity contribution in [3.05, 3.63) is 59.6 Å². The molecule has 1 saturated heterocycles. The largest absolute Gasteiger partial charge is 0.479 e. The van der Waals surface area contributed by atoms with Crippen molar-refractivity contribution in [3.63, 3.8) is 0 Å². The van der Waals surface area contributed by atoms with Gasteiger partial charge in [0.1, 0.15) is 12.4 Å². The van der Waals surface area contributed by atoms with Gasteiger partial charge < -0.3 is 15.4 Å². The molecule has 2 aromatic rings. The number of halogens is 2. The number of amides is 1. The minimum atomic E-state index is -0.192. The van der Waals surface area contributed by atoms with Crippen LogP contribution in [0.1, 0.15) is 18.1 Å². The van der Waals surface area contributed by atoms with Crippen LogP contribution in [-0.2, 0) is 11.2 Å². The molecule has 144 valence electrons. The van der Waals surface area contributed by atoms with Crippen LogP contribution in [-0.4, -0.2) is 18.0 Å². The van der Waals surface area contributed by atoms with Gasteiger partial charge in [0.25, 0.3) is 5.91 Å². The van der Waals surface area contributed by atoms with Crippen LogP contribution in [0, 0.1) is 19.5 Å². The molecule has 0 spiro atoms. The molecule has 1 aliphatic rings. The van der Waals surface area contributed by atoms with Gasteiger partial charge in [0.05, 0.1) is 12.0 Å². The highest BCUT2D eigenvalue weighted by Crippen LogP contribution is 2.33. The smallest absolute Gasteiger partial charge is 0.260 e. The molecule has 1 heterocycles. The molecule has 4 nitrogen and oxygen atoms in total. The summed E-state index contributed by atoms with van der Waals surface area (Å²) in [6, 6.07) is 12.2. The second-order valence-corrected chi connectivity index (χ2v) is 9.45. The minimum Gasteiger partial charge on any atom is -0.479 e. The lowest BCUT2D eigenvalue weighted by Crippen LogP contribution is -2.30. The van der Waals surface area contributed by atoms with Crippen molar-refractivity contribution in [1.29, 1.82) is 0 Å². The molecular formula is C21H18I2N2O2S. The van der Waals surface area contributed by atoms with E-state index in [2.05, 4.69) is 80.8 Å². The summed E-state index contributed by atoms with van der Waals surface area (Å²) >= 11 is 5.92. The van der Waals surface area contributed by atoms with Crippen LogP contribution in [0.25, 0.3) is 6.08 Å². The second-order valence-electron chi connectivity index (χ2n) is 5.98. The van der Waals surface area contributed by atoms with Gasteiger partial charge in [-0.1, -0.05) is 36.7 Å². The van der Waals surface area contributed by atoms with E-state index in [0.717, 1.165) is 30.6 Å². The van der Waals surface area contributed by atoms with Gasteiger partial charge in [-0.25, -0.2) is 0 Å². The summed E-state index contributed by atoms with van der Waals surface area (Å²) in [5, 5.41) is 6.31. The average molecular weight is 616 g/mol. The predicted molar refractivity (Wildman–Crippen MR) is 133 cm³/mol. The number of aryl methyl sites for hydroxylation is 1. The molecule has 28 heavy (non-hydrogen) atoms. The Bertz CT molecular complexity index is 929. The first-order valence-electron chi connectivity index (χ1n) is 8.60. The molecule has 1 atom stereocenters. The highest BCUT2D eigenvalue weighted by Gasteiger charge is 2.27. The summed E-state index contributed by atoms with van der Waals surface area (Å²) in [5.41, 5.74) is 3.03. The Labute approximate surface area is 196 Å². The van der Waals surface area contributed by atoms with Crippen LogP contribution in [0.3, 0.4) is 0 Å². The Morgan fingerprint density at radius 2 is 1.96 bits per heavy atom. The molecule has 1 aliphatic heterocycles. The van der Waals surface area contributed by atoms with Gasteiger partial charge in [0.2, 0.25) is 0 Å². The van der Waals surface area contributed by atoms with Crippen molar-refractivity contribution < 1.29 is 9.53 Å². The lowest BCUT2D eigenvalue weighted by atomic mass is 10.1. The van der Waals surface area contributed by atoms with Crippen LogP contribution in [0.5, 0.6) is 5.75 Å². The average Bonchev–Trinajstić information content (AvgIpc) is 3.00. The van der Waals surface area contributed by atoms with Gasteiger partial charge in [-0.15, -0.1) is 6.42 Å². The lowest BCUT2D eigenvalue weighted by Gasteiger charge is -2.13. The Kier molecular flexibility index (Phi) is 7.54. The maximum Gasteiger partial charge on any atom is 0.260 e. The second kappa shape index (κ2) is 9.89. The van der Waals surface area contributed by atoms with Crippen LogP contribution >= 0.6 is 56.9 Å². The van der Waals surface area contributed by atoms with Crippen molar-refractivity contribution in [2.24, 2.45) is 0 Å². The van der Waals surface area contributed by atoms with Crippen LogP contribution in [0.2, 0.25) is 0 Å². The van der Waals surface area contributed by atoms with E-state index in [1.165, 1.54) is 17.3 Å². The number of carbonyl (C=O) groups is 1. The van der Waals surface area contributed by atoms with E-state index >= 15 is 0 Å². The first-order valence-corrected chi connectivity index (χ1v) is 11.6. The van der Waals surface area contributed by atoms with E-state index < -0.39 is 0 Å². The van der Waals surface area contributed by atoms with Gasteiger partial charge in [-0.2, -0.15) is 0 Å². The van der Waals surface area contributed by atoms with E-state index in [1.54, 1.807) is 0 Å². The van der Waals surface area contributed by atoms with E-state index in [9.17, 15) is 4.79 Å². The molecule has 0 saturated carbocycles.